The van der Waals surface area contributed by atoms with Crippen molar-refractivity contribution in [1.29, 1.82) is 0 Å². The van der Waals surface area contributed by atoms with Crippen LogP contribution in [0.3, 0.4) is 0 Å². The summed E-state index contributed by atoms with van der Waals surface area (Å²) in [5.41, 5.74) is 0.731. The molecular weight excluding hydrogens is 404 g/mol. The van der Waals surface area contributed by atoms with Crippen LogP contribution < -0.4 is 5.32 Å². The number of carbonyl (C=O) groups is 1. The summed E-state index contributed by atoms with van der Waals surface area (Å²) in [7, 11) is -1.17. The fourth-order valence-corrected chi connectivity index (χ4v) is 5.79. The van der Waals surface area contributed by atoms with Crippen LogP contribution in [-0.4, -0.2) is 50.4 Å². The summed E-state index contributed by atoms with van der Waals surface area (Å²) in [6.07, 6.45) is 0.578. The lowest BCUT2D eigenvalue weighted by molar-refractivity contribution is -0.117. The van der Waals surface area contributed by atoms with Crippen molar-refractivity contribution in [3.63, 3.8) is 0 Å². The van der Waals surface area contributed by atoms with Gasteiger partial charge >= 0.3 is 0 Å². The van der Waals surface area contributed by atoms with Crippen LogP contribution in [0.1, 0.15) is 6.42 Å². The molecule has 2 aromatic rings. The highest BCUT2D eigenvalue weighted by molar-refractivity contribution is 7.99. The van der Waals surface area contributed by atoms with Crippen molar-refractivity contribution in [2.75, 3.05) is 30.4 Å². The molecule has 1 amide bonds. The molecule has 0 aromatic heterocycles. The van der Waals surface area contributed by atoms with Crippen LogP contribution in [0.25, 0.3) is 0 Å². The van der Waals surface area contributed by atoms with E-state index in [1.54, 1.807) is 18.8 Å². The van der Waals surface area contributed by atoms with E-state index in [-0.39, 0.29) is 30.0 Å². The molecule has 2 aromatic carbocycles. The Balaban J connectivity index is 1.63. The summed E-state index contributed by atoms with van der Waals surface area (Å²) in [6, 6.07) is 15.0. The lowest BCUT2D eigenvalue weighted by Crippen LogP contribution is -2.38. The number of hydrogen-bond donors (Lipinski definition) is 1. The van der Waals surface area contributed by atoms with Gasteiger partial charge in [-0.05, 0) is 49.9 Å². The second-order valence-electron chi connectivity index (χ2n) is 6.57. The smallest absolute Gasteiger partial charge is 0.238 e. The summed E-state index contributed by atoms with van der Waals surface area (Å²) in [4.78, 5) is 16.2. The Morgan fingerprint density at radius 3 is 2.59 bits per heavy atom. The van der Waals surface area contributed by atoms with Crippen molar-refractivity contribution in [3.8, 4) is 0 Å². The van der Waals surface area contributed by atoms with Crippen molar-refractivity contribution < 1.29 is 13.2 Å². The Kier molecular flexibility index (Phi) is 6.47. The van der Waals surface area contributed by atoms with E-state index in [2.05, 4.69) is 5.32 Å². The topological polar surface area (TPSA) is 66.5 Å². The van der Waals surface area contributed by atoms with Crippen LogP contribution in [0, 0.1) is 0 Å². The second-order valence-corrected chi connectivity index (χ2v) is 10.4. The average molecular weight is 425 g/mol. The second kappa shape index (κ2) is 8.65. The minimum atomic E-state index is -2.97. The third-order valence-electron chi connectivity index (χ3n) is 4.43. The van der Waals surface area contributed by atoms with Crippen LogP contribution in [0.4, 0.5) is 5.69 Å². The van der Waals surface area contributed by atoms with E-state index in [1.807, 2.05) is 53.4 Å². The summed E-state index contributed by atoms with van der Waals surface area (Å²) in [6.45, 7) is 0.153. The van der Waals surface area contributed by atoms with E-state index in [0.29, 0.717) is 11.4 Å². The van der Waals surface area contributed by atoms with Gasteiger partial charge in [0, 0.05) is 20.9 Å². The molecule has 0 aliphatic carbocycles. The van der Waals surface area contributed by atoms with Gasteiger partial charge in [0.1, 0.15) is 0 Å². The molecule has 8 heteroatoms. The maximum absolute atomic E-state index is 12.5. The zero-order chi connectivity index (χ0) is 19.4. The van der Waals surface area contributed by atoms with Gasteiger partial charge in [0.05, 0.1) is 23.7 Å². The quantitative estimate of drug-likeness (QED) is 0.768. The Morgan fingerprint density at radius 2 is 1.93 bits per heavy atom. The summed E-state index contributed by atoms with van der Waals surface area (Å²) in [5, 5.41) is 3.62. The SMILES string of the molecule is CN(CC(=O)Nc1ccccc1Sc1ccc(Cl)cc1)[C@@H]1CCS(=O)(=O)C1. The molecule has 0 bridgehead atoms. The lowest BCUT2D eigenvalue weighted by atomic mass is 10.2. The van der Waals surface area contributed by atoms with Crippen molar-refractivity contribution in [2.24, 2.45) is 0 Å². The number of benzene rings is 2. The Bertz CT molecular complexity index is 917. The van der Waals surface area contributed by atoms with Crippen molar-refractivity contribution in [1.82, 2.24) is 4.90 Å². The molecular formula is C19H21ClN2O3S2. The third kappa shape index (κ3) is 5.72. The van der Waals surface area contributed by atoms with Gasteiger partial charge in [-0.1, -0.05) is 35.5 Å². The van der Waals surface area contributed by atoms with Crippen molar-refractivity contribution in [3.05, 3.63) is 53.6 Å². The molecule has 27 heavy (non-hydrogen) atoms. The number of hydrogen-bond acceptors (Lipinski definition) is 5. The van der Waals surface area contributed by atoms with Gasteiger partial charge in [0.15, 0.2) is 9.84 Å². The van der Waals surface area contributed by atoms with Gasteiger partial charge in [-0.15, -0.1) is 0 Å². The molecule has 5 nitrogen and oxygen atoms in total. The highest BCUT2D eigenvalue weighted by Crippen LogP contribution is 2.33. The number of anilines is 1. The molecule has 0 saturated carbocycles. The molecule has 1 saturated heterocycles. The first-order valence-electron chi connectivity index (χ1n) is 8.55. The first kappa shape index (κ1) is 20.2. The largest absolute Gasteiger partial charge is 0.324 e. The lowest BCUT2D eigenvalue weighted by Gasteiger charge is -2.22. The molecule has 1 fully saturated rings. The van der Waals surface area contributed by atoms with Crippen LogP contribution in [0.5, 0.6) is 0 Å². The molecule has 0 radical (unpaired) electrons. The summed E-state index contributed by atoms with van der Waals surface area (Å²) >= 11 is 7.47. The Morgan fingerprint density at radius 1 is 1.22 bits per heavy atom. The molecule has 1 atom stereocenters. The van der Waals surface area contributed by atoms with E-state index in [1.165, 1.54) is 0 Å². The Labute approximate surface area is 169 Å². The van der Waals surface area contributed by atoms with Crippen molar-refractivity contribution in [2.45, 2.75) is 22.3 Å². The number of likely N-dealkylation sites (N-methyl/N-ethyl adjacent to an activating group) is 1. The Hall–Kier alpha value is -1.54. The molecule has 1 aliphatic rings. The minimum Gasteiger partial charge on any atom is -0.324 e. The normalized spacial score (nSPS) is 18.6. The number of nitrogens with zero attached hydrogens (tertiary/aromatic N) is 1. The summed E-state index contributed by atoms with van der Waals surface area (Å²) in [5.74, 6) is 0.162. The zero-order valence-corrected chi connectivity index (χ0v) is 17.3. The molecule has 144 valence electrons. The molecule has 1 aliphatic heterocycles. The van der Waals surface area contributed by atoms with Crippen molar-refractivity contribution >= 4 is 44.8 Å². The third-order valence-corrected chi connectivity index (χ3v) is 7.51. The fraction of sp³-hybridized carbons (Fsp3) is 0.316. The summed E-state index contributed by atoms with van der Waals surface area (Å²) < 4.78 is 23.2. The van der Waals surface area contributed by atoms with Gasteiger partial charge in [0.25, 0.3) is 0 Å². The predicted molar refractivity (Wildman–Crippen MR) is 110 cm³/mol. The molecule has 0 spiro atoms. The van der Waals surface area contributed by atoms with Crippen LogP contribution in [0.2, 0.25) is 5.02 Å². The molecule has 1 heterocycles. The number of carbonyl (C=O) groups excluding carboxylic acids is 1. The fourth-order valence-electron chi connectivity index (χ4n) is 2.96. The van der Waals surface area contributed by atoms with Gasteiger partial charge in [0.2, 0.25) is 5.91 Å². The van der Waals surface area contributed by atoms with E-state index in [0.717, 1.165) is 15.5 Å². The number of para-hydroxylation sites is 1. The van der Waals surface area contributed by atoms with E-state index in [9.17, 15) is 13.2 Å². The number of rotatable bonds is 6. The van der Waals surface area contributed by atoms with Gasteiger partial charge < -0.3 is 5.32 Å². The van der Waals surface area contributed by atoms with Gasteiger partial charge in [-0.25, -0.2) is 8.42 Å². The first-order chi connectivity index (χ1) is 12.8. The molecule has 0 unspecified atom stereocenters. The maximum Gasteiger partial charge on any atom is 0.238 e. The van der Waals surface area contributed by atoms with Gasteiger partial charge in [-0.3, -0.25) is 9.69 Å². The van der Waals surface area contributed by atoms with Crippen LogP contribution >= 0.6 is 23.4 Å². The molecule has 3 rings (SSSR count). The number of nitrogens with one attached hydrogen (secondary N) is 1. The minimum absolute atomic E-state index is 0.0977. The monoisotopic (exact) mass is 424 g/mol. The van der Waals surface area contributed by atoms with Crippen LogP contribution in [0.15, 0.2) is 58.3 Å². The maximum atomic E-state index is 12.5. The van der Waals surface area contributed by atoms with E-state index < -0.39 is 9.84 Å². The first-order valence-corrected chi connectivity index (χ1v) is 11.6. The predicted octanol–water partition coefficient (Wildman–Crippen LogP) is 3.55. The highest BCUT2D eigenvalue weighted by atomic mass is 35.5. The number of sulfone groups is 1. The number of amides is 1. The molecule has 1 N–H and O–H groups in total. The average Bonchev–Trinajstić information content (AvgIpc) is 2.98. The van der Waals surface area contributed by atoms with Gasteiger partial charge in [-0.2, -0.15) is 0 Å². The van der Waals surface area contributed by atoms with E-state index >= 15 is 0 Å². The highest BCUT2D eigenvalue weighted by Gasteiger charge is 2.31. The number of halogens is 1. The zero-order valence-electron chi connectivity index (χ0n) is 14.9. The standard InChI is InChI=1S/C19H21ClN2O3S2/c1-22(15-10-11-27(24,25)13-15)12-19(23)21-17-4-2-3-5-18(17)26-16-8-6-14(20)7-9-16/h2-9,15H,10-13H2,1H3,(H,21,23)/t15-/m1/s1. The van der Waals surface area contributed by atoms with Crippen LogP contribution in [-0.2, 0) is 14.6 Å². The van der Waals surface area contributed by atoms with E-state index in [4.69, 9.17) is 11.6 Å².